The number of piperazine rings is 1. The third-order valence-electron chi connectivity index (χ3n) is 5.73. The smallest absolute Gasteiger partial charge is 0.318 e. The molecule has 1 saturated carbocycles. The lowest BCUT2D eigenvalue weighted by Crippen LogP contribution is -2.55. The Morgan fingerprint density at radius 2 is 1.38 bits per heavy atom. The summed E-state index contributed by atoms with van der Waals surface area (Å²) in [5, 5.41) is 3.26. The van der Waals surface area contributed by atoms with E-state index < -0.39 is 0 Å². The molecule has 0 unspecified atom stereocenters. The van der Waals surface area contributed by atoms with E-state index in [0.717, 1.165) is 43.3 Å². The van der Waals surface area contributed by atoms with Gasteiger partial charge < -0.3 is 10.2 Å². The van der Waals surface area contributed by atoms with Gasteiger partial charge in [-0.2, -0.15) is 0 Å². The van der Waals surface area contributed by atoms with Gasteiger partial charge in [0, 0.05) is 32.2 Å². The molecule has 1 heterocycles. The molecule has 2 amide bonds. The van der Waals surface area contributed by atoms with E-state index in [1.807, 2.05) is 41.3 Å². The highest BCUT2D eigenvalue weighted by Gasteiger charge is 2.30. The highest BCUT2D eigenvalue weighted by molar-refractivity contribution is 5.75. The molecule has 1 aliphatic carbocycles. The van der Waals surface area contributed by atoms with Crippen molar-refractivity contribution in [2.24, 2.45) is 0 Å². The SMILES string of the molecule is O=C(NC(c1ccccc1)c1ccccc1)N1CCN(C2CCC2)CC1. The summed E-state index contributed by atoms with van der Waals surface area (Å²) in [5.41, 5.74) is 2.22. The Morgan fingerprint density at radius 3 is 1.85 bits per heavy atom. The first-order valence-electron chi connectivity index (χ1n) is 9.70. The van der Waals surface area contributed by atoms with Crippen LogP contribution in [-0.2, 0) is 0 Å². The second kappa shape index (κ2) is 7.92. The van der Waals surface area contributed by atoms with Crippen LogP contribution in [0.15, 0.2) is 60.7 Å². The van der Waals surface area contributed by atoms with Crippen molar-refractivity contribution in [3.8, 4) is 0 Å². The minimum Gasteiger partial charge on any atom is -0.327 e. The Morgan fingerprint density at radius 1 is 0.846 bits per heavy atom. The summed E-state index contributed by atoms with van der Waals surface area (Å²) in [7, 11) is 0. The number of nitrogens with zero attached hydrogens (tertiary/aromatic N) is 2. The first-order valence-corrected chi connectivity index (χ1v) is 9.70. The number of nitrogens with one attached hydrogen (secondary N) is 1. The number of urea groups is 1. The summed E-state index contributed by atoms with van der Waals surface area (Å²) in [4.78, 5) is 17.4. The van der Waals surface area contributed by atoms with Crippen LogP contribution >= 0.6 is 0 Å². The molecule has 0 radical (unpaired) electrons. The zero-order valence-corrected chi connectivity index (χ0v) is 15.2. The maximum absolute atomic E-state index is 12.9. The molecule has 2 aliphatic rings. The van der Waals surface area contributed by atoms with Crippen LogP contribution in [0, 0.1) is 0 Å². The molecule has 2 aromatic rings. The predicted octanol–water partition coefficient (Wildman–Crippen LogP) is 3.66. The Hall–Kier alpha value is -2.33. The fourth-order valence-electron chi connectivity index (χ4n) is 3.91. The quantitative estimate of drug-likeness (QED) is 0.914. The lowest BCUT2D eigenvalue weighted by molar-refractivity contribution is 0.0726. The van der Waals surface area contributed by atoms with Gasteiger partial charge in [-0.05, 0) is 24.0 Å². The zero-order chi connectivity index (χ0) is 17.8. The zero-order valence-electron chi connectivity index (χ0n) is 15.2. The Bertz CT molecular complexity index is 667. The molecule has 4 rings (SSSR count). The van der Waals surface area contributed by atoms with Gasteiger partial charge in [-0.15, -0.1) is 0 Å². The van der Waals surface area contributed by atoms with Crippen molar-refractivity contribution in [3.05, 3.63) is 71.8 Å². The minimum absolute atomic E-state index is 0.0379. The molecule has 2 fully saturated rings. The molecular formula is C22H27N3O. The predicted molar refractivity (Wildman–Crippen MR) is 104 cm³/mol. The van der Waals surface area contributed by atoms with Crippen molar-refractivity contribution < 1.29 is 4.79 Å². The van der Waals surface area contributed by atoms with Gasteiger partial charge in [0.1, 0.15) is 0 Å². The Labute approximate surface area is 155 Å². The Balaban J connectivity index is 1.43. The molecule has 2 aromatic carbocycles. The summed E-state index contributed by atoms with van der Waals surface area (Å²) >= 11 is 0. The van der Waals surface area contributed by atoms with E-state index in [2.05, 4.69) is 34.5 Å². The van der Waals surface area contributed by atoms with E-state index in [-0.39, 0.29) is 12.1 Å². The van der Waals surface area contributed by atoms with Gasteiger partial charge in [-0.1, -0.05) is 67.1 Å². The highest BCUT2D eigenvalue weighted by atomic mass is 16.2. The van der Waals surface area contributed by atoms with E-state index in [1.165, 1.54) is 19.3 Å². The van der Waals surface area contributed by atoms with Crippen LogP contribution in [0.3, 0.4) is 0 Å². The molecule has 0 spiro atoms. The van der Waals surface area contributed by atoms with Crippen LogP contribution in [0.1, 0.15) is 36.4 Å². The molecular weight excluding hydrogens is 322 g/mol. The van der Waals surface area contributed by atoms with Crippen LogP contribution in [0.5, 0.6) is 0 Å². The van der Waals surface area contributed by atoms with E-state index >= 15 is 0 Å². The number of rotatable bonds is 4. The number of benzene rings is 2. The van der Waals surface area contributed by atoms with Crippen LogP contribution in [0.25, 0.3) is 0 Å². The van der Waals surface area contributed by atoms with Crippen molar-refractivity contribution in [2.75, 3.05) is 26.2 Å². The maximum atomic E-state index is 12.9. The van der Waals surface area contributed by atoms with Crippen molar-refractivity contribution >= 4 is 6.03 Å². The topological polar surface area (TPSA) is 35.6 Å². The summed E-state index contributed by atoms with van der Waals surface area (Å²) in [6, 6.07) is 21.1. The molecule has 4 heteroatoms. The normalized spacial score (nSPS) is 18.6. The minimum atomic E-state index is -0.116. The fourth-order valence-corrected chi connectivity index (χ4v) is 3.91. The molecule has 0 atom stereocenters. The van der Waals surface area contributed by atoms with E-state index in [0.29, 0.717) is 0 Å². The largest absolute Gasteiger partial charge is 0.327 e. The third kappa shape index (κ3) is 3.75. The molecule has 136 valence electrons. The number of amides is 2. The van der Waals surface area contributed by atoms with Crippen molar-refractivity contribution in [1.29, 1.82) is 0 Å². The number of hydrogen-bond acceptors (Lipinski definition) is 2. The molecule has 1 N–H and O–H groups in total. The molecule has 1 aliphatic heterocycles. The molecule has 1 saturated heterocycles. The van der Waals surface area contributed by atoms with Crippen LogP contribution in [0.2, 0.25) is 0 Å². The maximum Gasteiger partial charge on any atom is 0.318 e. The monoisotopic (exact) mass is 349 g/mol. The average molecular weight is 349 g/mol. The second-order valence-electron chi connectivity index (χ2n) is 7.31. The van der Waals surface area contributed by atoms with Crippen molar-refractivity contribution in [1.82, 2.24) is 15.1 Å². The van der Waals surface area contributed by atoms with Gasteiger partial charge >= 0.3 is 6.03 Å². The van der Waals surface area contributed by atoms with Gasteiger partial charge in [-0.25, -0.2) is 4.79 Å². The lowest BCUT2D eigenvalue weighted by atomic mass is 9.91. The van der Waals surface area contributed by atoms with Gasteiger partial charge in [0.05, 0.1) is 6.04 Å². The van der Waals surface area contributed by atoms with Crippen molar-refractivity contribution in [3.63, 3.8) is 0 Å². The number of carbonyl (C=O) groups is 1. The van der Waals surface area contributed by atoms with Crippen LogP contribution in [0.4, 0.5) is 4.79 Å². The number of carbonyl (C=O) groups excluding carboxylic acids is 1. The first kappa shape index (κ1) is 17.1. The summed E-state index contributed by atoms with van der Waals surface area (Å²) in [6.45, 7) is 3.64. The van der Waals surface area contributed by atoms with E-state index in [1.54, 1.807) is 0 Å². The molecule has 4 nitrogen and oxygen atoms in total. The molecule has 0 bridgehead atoms. The van der Waals surface area contributed by atoms with Crippen molar-refractivity contribution in [2.45, 2.75) is 31.3 Å². The summed E-state index contributed by atoms with van der Waals surface area (Å²) in [6.07, 6.45) is 4.02. The molecule has 26 heavy (non-hydrogen) atoms. The highest BCUT2D eigenvalue weighted by Crippen LogP contribution is 2.26. The van der Waals surface area contributed by atoms with Gasteiger partial charge in [0.25, 0.3) is 0 Å². The summed E-state index contributed by atoms with van der Waals surface area (Å²) < 4.78 is 0. The second-order valence-corrected chi connectivity index (χ2v) is 7.31. The van der Waals surface area contributed by atoms with Crippen LogP contribution < -0.4 is 5.32 Å². The summed E-state index contributed by atoms with van der Waals surface area (Å²) in [5.74, 6) is 0. The Kier molecular flexibility index (Phi) is 5.21. The standard InChI is InChI=1S/C22H27N3O/c26-22(25-16-14-24(15-17-25)20-12-7-13-20)23-21(18-8-3-1-4-9-18)19-10-5-2-6-11-19/h1-6,8-11,20-21H,7,12-17H2,(H,23,26). The fraction of sp³-hybridized carbons (Fsp3) is 0.409. The number of hydrogen-bond donors (Lipinski definition) is 1. The van der Waals surface area contributed by atoms with Gasteiger partial charge in [0.15, 0.2) is 0 Å². The van der Waals surface area contributed by atoms with Gasteiger partial charge in [0.2, 0.25) is 0 Å². The lowest BCUT2D eigenvalue weighted by Gasteiger charge is -2.43. The first-order chi connectivity index (χ1) is 12.8. The van der Waals surface area contributed by atoms with E-state index in [9.17, 15) is 4.79 Å². The molecule has 0 aromatic heterocycles. The van der Waals surface area contributed by atoms with Gasteiger partial charge in [-0.3, -0.25) is 4.90 Å². The van der Waals surface area contributed by atoms with Crippen LogP contribution in [-0.4, -0.2) is 48.1 Å². The average Bonchev–Trinajstić information content (AvgIpc) is 2.66. The van der Waals surface area contributed by atoms with E-state index in [4.69, 9.17) is 0 Å². The third-order valence-corrected chi connectivity index (χ3v) is 5.73.